The van der Waals surface area contributed by atoms with E-state index in [2.05, 4.69) is 0 Å². The highest BCUT2D eigenvalue weighted by Gasteiger charge is 2.33. The van der Waals surface area contributed by atoms with Crippen molar-refractivity contribution in [2.24, 2.45) is 0 Å². The highest BCUT2D eigenvalue weighted by Crippen LogP contribution is 2.32. The van der Waals surface area contributed by atoms with Crippen molar-refractivity contribution in [3.63, 3.8) is 0 Å². The van der Waals surface area contributed by atoms with Gasteiger partial charge >= 0.3 is 6.18 Å². The van der Waals surface area contributed by atoms with Crippen molar-refractivity contribution < 1.29 is 22.4 Å². The summed E-state index contributed by atoms with van der Waals surface area (Å²) < 4.78 is 50.1. The number of nitrogens with zero attached hydrogens (tertiary/aromatic N) is 1. The molecule has 0 saturated carbocycles. The molecule has 0 atom stereocenters. The summed E-state index contributed by atoms with van der Waals surface area (Å²) in [6.07, 6.45) is -4.78. The Morgan fingerprint density at radius 1 is 1.38 bits per heavy atom. The van der Waals surface area contributed by atoms with Gasteiger partial charge in [0.1, 0.15) is 6.07 Å². The molecule has 2 nitrogen and oxygen atoms in total. The third kappa shape index (κ3) is 2.31. The molecule has 1 aromatic carbocycles. The second-order valence-electron chi connectivity index (χ2n) is 2.77. The van der Waals surface area contributed by atoms with Gasteiger partial charge in [0.25, 0.3) is 5.24 Å². The van der Waals surface area contributed by atoms with E-state index in [1.807, 2.05) is 0 Å². The lowest BCUT2D eigenvalue weighted by atomic mass is 10.1. The van der Waals surface area contributed by atoms with Crippen molar-refractivity contribution in [2.75, 3.05) is 0 Å². The van der Waals surface area contributed by atoms with Gasteiger partial charge in [0, 0.05) is 0 Å². The van der Waals surface area contributed by atoms with Gasteiger partial charge in [-0.2, -0.15) is 18.4 Å². The molecule has 16 heavy (non-hydrogen) atoms. The molecule has 0 radical (unpaired) electrons. The summed E-state index contributed by atoms with van der Waals surface area (Å²) in [4.78, 5) is 10.7. The van der Waals surface area contributed by atoms with Gasteiger partial charge in [0.2, 0.25) is 0 Å². The molecule has 1 rings (SSSR count). The summed E-state index contributed by atoms with van der Waals surface area (Å²) in [6.45, 7) is 0. The minimum Gasteiger partial charge on any atom is -0.275 e. The molecule has 0 saturated heterocycles. The Bertz CT molecular complexity index is 490. The summed E-state index contributed by atoms with van der Waals surface area (Å²) >= 11 is 4.90. The molecule has 0 aromatic heterocycles. The second kappa shape index (κ2) is 4.10. The van der Waals surface area contributed by atoms with Crippen LogP contribution in [-0.4, -0.2) is 5.24 Å². The number of alkyl halides is 3. The van der Waals surface area contributed by atoms with Crippen molar-refractivity contribution in [3.05, 3.63) is 34.6 Å². The first-order valence-electron chi connectivity index (χ1n) is 3.78. The average molecular weight is 252 g/mol. The van der Waals surface area contributed by atoms with Crippen LogP contribution in [0, 0.1) is 17.1 Å². The molecule has 0 unspecified atom stereocenters. The van der Waals surface area contributed by atoms with Crippen LogP contribution >= 0.6 is 11.6 Å². The van der Waals surface area contributed by atoms with E-state index in [-0.39, 0.29) is 6.07 Å². The first-order valence-corrected chi connectivity index (χ1v) is 4.16. The van der Waals surface area contributed by atoms with Crippen molar-refractivity contribution in [1.82, 2.24) is 0 Å². The summed E-state index contributed by atoms with van der Waals surface area (Å²) in [5, 5.41) is 7.01. The molecule has 0 spiro atoms. The van der Waals surface area contributed by atoms with E-state index in [1.54, 1.807) is 0 Å². The molecular weight excluding hydrogens is 250 g/mol. The number of rotatable bonds is 1. The number of nitriles is 1. The molecule has 0 amide bonds. The summed E-state index contributed by atoms with van der Waals surface area (Å²) in [5.74, 6) is -1.35. The minimum atomic E-state index is -4.78. The van der Waals surface area contributed by atoms with Crippen LogP contribution in [0.4, 0.5) is 17.6 Å². The highest BCUT2D eigenvalue weighted by atomic mass is 35.5. The normalized spacial score (nSPS) is 11.0. The number of hydrogen-bond donors (Lipinski definition) is 0. The monoisotopic (exact) mass is 251 g/mol. The zero-order valence-electron chi connectivity index (χ0n) is 7.40. The Kier molecular flexibility index (Phi) is 3.19. The largest absolute Gasteiger partial charge is 0.416 e. The zero-order chi connectivity index (χ0) is 12.5. The highest BCUT2D eigenvalue weighted by molar-refractivity contribution is 6.67. The maximum Gasteiger partial charge on any atom is 0.416 e. The van der Waals surface area contributed by atoms with Crippen molar-refractivity contribution in [3.8, 4) is 6.07 Å². The van der Waals surface area contributed by atoms with Crippen molar-refractivity contribution >= 4 is 16.8 Å². The topological polar surface area (TPSA) is 40.9 Å². The molecule has 0 bridgehead atoms. The predicted octanol–water partition coefficient (Wildman–Crippen LogP) is 3.10. The molecular formula is C9H2ClF4NO. The number of carbonyl (C=O) groups is 1. The fourth-order valence-corrected chi connectivity index (χ4v) is 1.15. The average Bonchev–Trinajstić information content (AvgIpc) is 2.15. The Morgan fingerprint density at radius 3 is 2.31 bits per heavy atom. The van der Waals surface area contributed by atoms with Crippen molar-refractivity contribution in [2.45, 2.75) is 6.18 Å². The number of halogens is 5. The van der Waals surface area contributed by atoms with E-state index < -0.39 is 33.9 Å². The van der Waals surface area contributed by atoms with Gasteiger partial charge in [-0.3, -0.25) is 4.79 Å². The molecule has 0 heterocycles. The zero-order valence-corrected chi connectivity index (χ0v) is 8.16. The Hall–Kier alpha value is -1.61. The lowest BCUT2D eigenvalue weighted by Gasteiger charge is -2.08. The molecule has 0 fully saturated rings. The molecule has 1 aromatic rings. The summed E-state index contributed by atoms with van der Waals surface area (Å²) in [6, 6.07) is 1.80. The summed E-state index contributed by atoms with van der Waals surface area (Å²) in [5.41, 5.74) is -3.14. The quantitative estimate of drug-likeness (QED) is 0.568. The van der Waals surface area contributed by atoms with Gasteiger partial charge < -0.3 is 0 Å². The number of hydrogen-bond acceptors (Lipinski definition) is 2. The lowest BCUT2D eigenvalue weighted by Crippen LogP contribution is -2.09. The van der Waals surface area contributed by atoms with Crippen LogP contribution in [0.25, 0.3) is 0 Å². The van der Waals surface area contributed by atoms with Gasteiger partial charge in [-0.25, -0.2) is 4.39 Å². The fourth-order valence-electron chi connectivity index (χ4n) is 1.01. The SMILES string of the molecule is N#Cc1cc(C(F)(F)F)cc(C(=O)Cl)c1F. The van der Waals surface area contributed by atoms with Gasteiger partial charge in [-0.1, -0.05) is 0 Å². The first kappa shape index (κ1) is 12.5. The van der Waals surface area contributed by atoms with Crippen LogP contribution in [-0.2, 0) is 6.18 Å². The molecule has 0 N–H and O–H groups in total. The van der Waals surface area contributed by atoms with Crippen LogP contribution in [0.15, 0.2) is 12.1 Å². The lowest BCUT2D eigenvalue weighted by molar-refractivity contribution is -0.137. The van der Waals surface area contributed by atoms with Gasteiger partial charge in [0.15, 0.2) is 5.82 Å². The van der Waals surface area contributed by atoms with Crippen LogP contribution in [0.2, 0.25) is 0 Å². The third-order valence-corrected chi connectivity index (χ3v) is 1.94. The van der Waals surface area contributed by atoms with E-state index in [4.69, 9.17) is 16.9 Å². The van der Waals surface area contributed by atoms with Crippen LogP contribution in [0.3, 0.4) is 0 Å². The number of carbonyl (C=O) groups excluding carboxylic acids is 1. The van der Waals surface area contributed by atoms with Crippen LogP contribution in [0.1, 0.15) is 21.5 Å². The van der Waals surface area contributed by atoms with E-state index in [0.717, 1.165) is 0 Å². The third-order valence-electron chi connectivity index (χ3n) is 1.73. The first-order chi connectivity index (χ1) is 7.27. The molecule has 84 valence electrons. The molecule has 7 heteroatoms. The number of benzene rings is 1. The Balaban J connectivity index is 3.54. The summed E-state index contributed by atoms with van der Waals surface area (Å²) in [7, 11) is 0. The van der Waals surface area contributed by atoms with E-state index >= 15 is 0 Å². The standard InChI is InChI=1S/C9H2ClF4NO/c10-8(16)6-2-5(9(12,13)14)1-4(3-15)7(6)11/h1-2H. The van der Waals surface area contributed by atoms with Crippen molar-refractivity contribution in [1.29, 1.82) is 5.26 Å². The maximum atomic E-state index is 13.2. The van der Waals surface area contributed by atoms with Gasteiger partial charge in [-0.15, -0.1) is 0 Å². The van der Waals surface area contributed by atoms with E-state index in [0.29, 0.717) is 6.07 Å². The maximum absolute atomic E-state index is 13.2. The van der Waals surface area contributed by atoms with Gasteiger partial charge in [-0.05, 0) is 23.7 Å². The predicted molar refractivity (Wildman–Crippen MR) is 46.3 cm³/mol. The molecule has 0 aliphatic heterocycles. The van der Waals surface area contributed by atoms with E-state index in [9.17, 15) is 22.4 Å². The minimum absolute atomic E-state index is 0.269. The van der Waals surface area contributed by atoms with Crippen LogP contribution in [0.5, 0.6) is 0 Å². The smallest absolute Gasteiger partial charge is 0.275 e. The fraction of sp³-hybridized carbons (Fsp3) is 0.111. The molecule has 0 aliphatic carbocycles. The van der Waals surface area contributed by atoms with Crippen LogP contribution < -0.4 is 0 Å². The molecule has 0 aliphatic rings. The van der Waals surface area contributed by atoms with Gasteiger partial charge in [0.05, 0.1) is 16.7 Å². The second-order valence-corrected chi connectivity index (χ2v) is 3.11. The Morgan fingerprint density at radius 2 is 1.94 bits per heavy atom. The Labute approximate surface area is 92.0 Å². The van der Waals surface area contributed by atoms with E-state index in [1.165, 1.54) is 6.07 Å².